The van der Waals surface area contributed by atoms with E-state index in [-0.39, 0.29) is 11.7 Å². The van der Waals surface area contributed by atoms with E-state index in [2.05, 4.69) is 21.7 Å². The highest BCUT2D eigenvalue weighted by Crippen LogP contribution is 2.60. The minimum Gasteiger partial charge on any atom is -0.474 e. The van der Waals surface area contributed by atoms with Gasteiger partial charge in [-0.1, -0.05) is 6.07 Å². The summed E-state index contributed by atoms with van der Waals surface area (Å²) >= 11 is 4.92. The quantitative estimate of drug-likeness (QED) is 0.647. The molecule has 10 heteroatoms. The summed E-state index contributed by atoms with van der Waals surface area (Å²) in [6.45, 7) is 2.22. The molecule has 3 atom stereocenters. The number of thiocarbonyl (C=S) groups is 1. The van der Waals surface area contributed by atoms with Crippen molar-refractivity contribution >= 4 is 29.2 Å². The van der Waals surface area contributed by atoms with Gasteiger partial charge in [0.25, 0.3) is 5.17 Å². The van der Waals surface area contributed by atoms with Crippen molar-refractivity contribution in [2.45, 2.75) is 11.5 Å². The Labute approximate surface area is 195 Å². The number of carbonyl (C=O) groups excluding carboxylic acids is 1. The number of anilines is 1. The molecule has 3 fully saturated rings. The molecule has 33 heavy (non-hydrogen) atoms. The molecule has 8 nitrogen and oxygen atoms in total. The number of nitriles is 1. The number of pyridine rings is 1. The number of nitrogens with one attached hydrogen (secondary N) is 2. The predicted octanol–water partition coefficient (Wildman–Crippen LogP) is 2.34. The maximum absolute atomic E-state index is 15.0. The third-order valence-electron chi connectivity index (χ3n) is 6.76. The van der Waals surface area contributed by atoms with Gasteiger partial charge in [0.2, 0.25) is 0 Å². The van der Waals surface area contributed by atoms with Crippen molar-refractivity contribution in [2.24, 2.45) is 11.8 Å². The highest BCUT2D eigenvalue weighted by atomic mass is 32.1. The smallest absolute Gasteiger partial charge is 0.414 e. The molecule has 1 aromatic heterocycles. The van der Waals surface area contributed by atoms with Crippen LogP contribution >= 0.6 is 12.2 Å². The van der Waals surface area contributed by atoms with Crippen molar-refractivity contribution < 1.29 is 18.7 Å². The van der Waals surface area contributed by atoms with E-state index in [1.807, 2.05) is 6.07 Å². The minimum atomic E-state index is -0.547. The molecule has 170 valence electrons. The van der Waals surface area contributed by atoms with Crippen LogP contribution in [0.3, 0.4) is 0 Å². The summed E-state index contributed by atoms with van der Waals surface area (Å²) in [7, 11) is 1.45. The first kappa shape index (κ1) is 21.6. The van der Waals surface area contributed by atoms with E-state index >= 15 is 4.39 Å². The van der Waals surface area contributed by atoms with Crippen LogP contribution in [0.5, 0.6) is 0 Å². The van der Waals surface area contributed by atoms with Gasteiger partial charge in [0.1, 0.15) is 17.3 Å². The molecule has 2 aliphatic heterocycles. The van der Waals surface area contributed by atoms with Crippen LogP contribution in [0, 0.1) is 29.0 Å². The molecule has 5 rings (SSSR count). The first-order valence-corrected chi connectivity index (χ1v) is 11.1. The number of halogens is 1. The standard InChI is InChI=1S/C23H22FN5O3S/c1-31-21(33)28-8-15-11-29(22(30)32-15)14-3-4-16(19(24)6-14)13-2-5-20(27-7-13)23(12-25)17-9-26-10-18(17)23/h2-7,15,17-18,26H,8-11H2,1H3,(H,28,33)/t15-,17?,18?,23?/m0/s1. The lowest BCUT2D eigenvalue weighted by Crippen LogP contribution is -2.34. The molecule has 1 amide bonds. The summed E-state index contributed by atoms with van der Waals surface area (Å²) in [5, 5.41) is 16.1. The number of aromatic nitrogens is 1. The van der Waals surface area contributed by atoms with E-state index in [0.717, 1.165) is 18.8 Å². The molecular weight excluding hydrogens is 445 g/mol. The number of ether oxygens (including phenoxy) is 2. The molecule has 1 aliphatic carbocycles. The highest BCUT2D eigenvalue weighted by Gasteiger charge is 2.69. The van der Waals surface area contributed by atoms with Gasteiger partial charge < -0.3 is 20.1 Å². The second-order valence-electron chi connectivity index (χ2n) is 8.44. The van der Waals surface area contributed by atoms with Crippen molar-refractivity contribution in [3.63, 3.8) is 0 Å². The minimum absolute atomic E-state index is 0.210. The normalized spacial score (nSPS) is 27.5. The number of nitrogens with zero attached hydrogens (tertiary/aromatic N) is 3. The summed E-state index contributed by atoms with van der Waals surface area (Å²) in [5.74, 6) is 0.113. The number of carbonyl (C=O) groups is 1. The third kappa shape index (κ3) is 3.57. The topological polar surface area (TPSA) is 99.5 Å². The first-order chi connectivity index (χ1) is 16.0. The van der Waals surface area contributed by atoms with Gasteiger partial charge in [-0.2, -0.15) is 5.26 Å². The lowest BCUT2D eigenvalue weighted by Gasteiger charge is -2.15. The maximum atomic E-state index is 15.0. The third-order valence-corrected chi connectivity index (χ3v) is 7.07. The van der Waals surface area contributed by atoms with Crippen LogP contribution in [0.15, 0.2) is 36.5 Å². The molecule has 3 heterocycles. The van der Waals surface area contributed by atoms with Gasteiger partial charge in [-0.3, -0.25) is 9.88 Å². The van der Waals surface area contributed by atoms with Crippen molar-refractivity contribution in [1.29, 1.82) is 5.26 Å². The lowest BCUT2D eigenvalue weighted by atomic mass is 9.96. The number of amides is 1. The number of methoxy groups -OCH3 is 1. The van der Waals surface area contributed by atoms with Crippen LogP contribution in [-0.4, -0.2) is 55.6 Å². The van der Waals surface area contributed by atoms with Gasteiger partial charge in [-0.25, -0.2) is 9.18 Å². The highest BCUT2D eigenvalue weighted by molar-refractivity contribution is 7.80. The molecule has 0 spiro atoms. The Balaban J connectivity index is 1.30. The van der Waals surface area contributed by atoms with E-state index < -0.39 is 23.4 Å². The fraction of sp³-hybridized carbons (Fsp3) is 0.391. The molecule has 1 aromatic carbocycles. The van der Waals surface area contributed by atoms with E-state index in [9.17, 15) is 10.1 Å². The van der Waals surface area contributed by atoms with E-state index in [4.69, 9.17) is 21.7 Å². The summed E-state index contributed by atoms with van der Waals surface area (Å²) < 4.78 is 25.2. The van der Waals surface area contributed by atoms with E-state index in [0.29, 0.717) is 35.2 Å². The van der Waals surface area contributed by atoms with Crippen LogP contribution in [0.25, 0.3) is 11.1 Å². The van der Waals surface area contributed by atoms with Crippen LogP contribution in [-0.2, 0) is 14.9 Å². The second-order valence-corrected chi connectivity index (χ2v) is 8.81. The Hall–Kier alpha value is -3.29. The molecule has 2 saturated heterocycles. The summed E-state index contributed by atoms with van der Waals surface area (Å²) in [4.78, 5) is 18.2. The monoisotopic (exact) mass is 467 g/mol. The van der Waals surface area contributed by atoms with Crippen molar-refractivity contribution in [3.8, 4) is 17.2 Å². The number of piperidine rings is 1. The molecule has 0 radical (unpaired) electrons. The zero-order valence-corrected chi connectivity index (χ0v) is 18.7. The lowest BCUT2D eigenvalue weighted by molar-refractivity contribution is 0.142. The number of cyclic esters (lactones) is 1. The zero-order chi connectivity index (χ0) is 23.2. The molecule has 2 unspecified atom stereocenters. The number of benzene rings is 1. The Morgan fingerprint density at radius 3 is 2.85 bits per heavy atom. The van der Waals surface area contributed by atoms with Crippen molar-refractivity contribution in [2.75, 3.05) is 38.2 Å². The Morgan fingerprint density at radius 2 is 2.21 bits per heavy atom. The molecule has 2 N–H and O–H groups in total. The second kappa shape index (κ2) is 8.24. The van der Waals surface area contributed by atoms with Crippen LogP contribution in [0.2, 0.25) is 0 Å². The summed E-state index contributed by atoms with van der Waals surface area (Å²) in [5.41, 5.74) is 1.61. The first-order valence-electron chi connectivity index (χ1n) is 10.7. The number of hydrogen-bond acceptors (Lipinski definition) is 7. The van der Waals surface area contributed by atoms with E-state index in [1.165, 1.54) is 18.1 Å². The fourth-order valence-corrected chi connectivity index (χ4v) is 5.04. The van der Waals surface area contributed by atoms with Crippen molar-refractivity contribution in [1.82, 2.24) is 15.6 Å². The van der Waals surface area contributed by atoms with Gasteiger partial charge in [-0.15, -0.1) is 0 Å². The molecule has 1 saturated carbocycles. The van der Waals surface area contributed by atoms with Crippen molar-refractivity contribution in [3.05, 3.63) is 48.0 Å². The Kier molecular flexibility index (Phi) is 5.38. The number of fused-ring (bicyclic) bond motifs is 1. The average molecular weight is 468 g/mol. The fourth-order valence-electron chi connectivity index (χ4n) is 4.95. The SMILES string of the molecule is COC(=S)NC[C@H]1CN(c2ccc(-c3ccc(C4(C#N)C5CNCC54)nc3)c(F)c2)C(=O)O1. The molecule has 2 aromatic rings. The van der Waals surface area contributed by atoms with Crippen LogP contribution in [0.4, 0.5) is 14.9 Å². The molecule has 0 bridgehead atoms. The Bertz CT molecular complexity index is 1140. The number of rotatable bonds is 5. The molecular formula is C23H22FN5O3S. The zero-order valence-electron chi connectivity index (χ0n) is 17.9. The summed E-state index contributed by atoms with van der Waals surface area (Å²) in [6.07, 6.45) is 0.627. The largest absolute Gasteiger partial charge is 0.474 e. The van der Waals surface area contributed by atoms with E-state index in [1.54, 1.807) is 24.4 Å². The summed E-state index contributed by atoms with van der Waals surface area (Å²) in [6, 6.07) is 10.7. The number of hydrogen-bond donors (Lipinski definition) is 2. The molecule has 3 aliphatic rings. The van der Waals surface area contributed by atoms with Crippen LogP contribution in [0.1, 0.15) is 5.69 Å². The van der Waals surface area contributed by atoms with Gasteiger partial charge >= 0.3 is 6.09 Å². The average Bonchev–Trinajstić information content (AvgIpc) is 3.13. The van der Waals surface area contributed by atoms with Gasteiger partial charge in [0.05, 0.1) is 37.6 Å². The Morgan fingerprint density at radius 1 is 1.42 bits per heavy atom. The predicted molar refractivity (Wildman–Crippen MR) is 122 cm³/mol. The van der Waals surface area contributed by atoms with Gasteiger partial charge in [0, 0.05) is 42.2 Å². The van der Waals surface area contributed by atoms with Gasteiger partial charge in [0.15, 0.2) is 0 Å². The van der Waals surface area contributed by atoms with Gasteiger partial charge in [-0.05, 0) is 36.5 Å². The maximum Gasteiger partial charge on any atom is 0.414 e. The van der Waals surface area contributed by atoms with Crippen LogP contribution < -0.4 is 15.5 Å².